The van der Waals surface area contributed by atoms with Gasteiger partial charge in [0.15, 0.2) is 0 Å². The van der Waals surface area contributed by atoms with E-state index in [4.69, 9.17) is 0 Å². The zero-order valence-electron chi connectivity index (χ0n) is 13.8. The predicted octanol–water partition coefficient (Wildman–Crippen LogP) is 3.27. The largest absolute Gasteiger partial charge is 0.573 e. The number of carbonyl (C=O) groups is 1. The average Bonchev–Trinajstić information content (AvgIpc) is 2.53. The van der Waals surface area contributed by atoms with Gasteiger partial charge in [-0.1, -0.05) is 13.0 Å². The summed E-state index contributed by atoms with van der Waals surface area (Å²) in [5.41, 5.74) is -0.683. The molecule has 0 aliphatic carbocycles. The SMILES string of the molecule is CCNS(=O)(=O)c1ccc(F)c(C(=O)Nc2cccc(OC(F)(F)F)c2)c1. The topological polar surface area (TPSA) is 84.5 Å². The van der Waals surface area contributed by atoms with Gasteiger partial charge in [0, 0.05) is 18.3 Å². The number of halogens is 4. The van der Waals surface area contributed by atoms with Crippen molar-refractivity contribution in [2.75, 3.05) is 11.9 Å². The number of hydrogen-bond acceptors (Lipinski definition) is 4. The van der Waals surface area contributed by atoms with Crippen LogP contribution in [0.3, 0.4) is 0 Å². The van der Waals surface area contributed by atoms with Gasteiger partial charge in [-0.2, -0.15) is 0 Å². The number of anilines is 1. The molecule has 0 atom stereocenters. The fraction of sp³-hybridized carbons (Fsp3) is 0.188. The van der Waals surface area contributed by atoms with E-state index in [0.717, 1.165) is 30.3 Å². The van der Waals surface area contributed by atoms with Crippen molar-refractivity contribution in [3.63, 3.8) is 0 Å². The molecule has 1 amide bonds. The lowest BCUT2D eigenvalue weighted by atomic mass is 10.2. The summed E-state index contributed by atoms with van der Waals surface area (Å²) >= 11 is 0. The van der Waals surface area contributed by atoms with Crippen molar-refractivity contribution >= 4 is 21.6 Å². The highest BCUT2D eigenvalue weighted by molar-refractivity contribution is 7.89. The third kappa shape index (κ3) is 5.66. The second-order valence-corrected chi connectivity index (χ2v) is 6.94. The molecule has 0 fully saturated rings. The number of rotatable bonds is 6. The van der Waals surface area contributed by atoms with E-state index in [-0.39, 0.29) is 17.1 Å². The Hall–Kier alpha value is -2.66. The normalized spacial score (nSPS) is 11.9. The van der Waals surface area contributed by atoms with Crippen molar-refractivity contribution in [2.24, 2.45) is 0 Å². The van der Waals surface area contributed by atoms with Crippen LogP contribution < -0.4 is 14.8 Å². The molecule has 6 nitrogen and oxygen atoms in total. The summed E-state index contributed by atoms with van der Waals surface area (Å²) in [7, 11) is -3.92. The summed E-state index contributed by atoms with van der Waals surface area (Å²) in [6.07, 6.45) is -4.91. The van der Waals surface area contributed by atoms with Crippen LogP contribution in [0, 0.1) is 5.82 Å². The van der Waals surface area contributed by atoms with Crippen LogP contribution in [-0.4, -0.2) is 27.2 Å². The molecule has 0 bridgehead atoms. The van der Waals surface area contributed by atoms with Crippen LogP contribution in [0.2, 0.25) is 0 Å². The maximum Gasteiger partial charge on any atom is 0.573 e. The minimum absolute atomic E-state index is 0.0905. The molecule has 0 heterocycles. The van der Waals surface area contributed by atoms with Crippen molar-refractivity contribution < 1.29 is 35.5 Å². The Morgan fingerprint density at radius 1 is 1.15 bits per heavy atom. The molecular formula is C16H14F4N2O4S. The third-order valence-corrected chi connectivity index (χ3v) is 4.70. The van der Waals surface area contributed by atoms with E-state index in [0.29, 0.717) is 0 Å². The van der Waals surface area contributed by atoms with Gasteiger partial charge in [-0.3, -0.25) is 4.79 Å². The van der Waals surface area contributed by atoms with Crippen LogP contribution in [-0.2, 0) is 10.0 Å². The summed E-state index contributed by atoms with van der Waals surface area (Å²) in [6.45, 7) is 1.64. The molecule has 0 saturated carbocycles. The highest BCUT2D eigenvalue weighted by Gasteiger charge is 2.31. The van der Waals surface area contributed by atoms with Crippen LogP contribution in [0.1, 0.15) is 17.3 Å². The van der Waals surface area contributed by atoms with E-state index in [1.807, 2.05) is 0 Å². The lowest BCUT2D eigenvalue weighted by Crippen LogP contribution is -2.24. The molecule has 0 aliphatic rings. The molecule has 0 unspecified atom stereocenters. The van der Waals surface area contributed by atoms with E-state index in [2.05, 4.69) is 14.8 Å². The van der Waals surface area contributed by atoms with Crippen LogP contribution in [0.25, 0.3) is 0 Å². The Kier molecular flexibility index (Phi) is 6.06. The molecule has 146 valence electrons. The Labute approximate surface area is 152 Å². The van der Waals surface area contributed by atoms with E-state index in [9.17, 15) is 30.8 Å². The first-order valence-electron chi connectivity index (χ1n) is 7.48. The van der Waals surface area contributed by atoms with Crippen LogP contribution >= 0.6 is 0 Å². The van der Waals surface area contributed by atoms with Crippen molar-refractivity contribution in [1.82, 2.24) is 4.72 Å². The number of amides is 1. The number of sulfonamides is 1. The number of benzene rings is 2. The average molecular weight is 406 g/mol. The Morgan fingerprint density at radius 2 is 1.85 bits per heavy atom. The van der Waals surface area contributed by atoms with Crippen molar-refractivity contribution in [2.45, 2.75) is 18.2 Å². The van der Waals surface area contributed by atoms with Gasteiger partial charge >= 0.3 is 6.36 Å². The smallest absolute Gasteiger partial charge is 0.406 e. The lowest BCUT2D eigenvalue weighted by Gasteiger charge is -2.11. The fourth-order valence-electron chi connectivity index (χ4n) is 2.09. The number of ether oxygens (including phenoxy) is 1. The van der Waals surface area contributed by atoms with Gasteiger partial charge < -0.3 is 10.1 Å². The molecule has 2 rings (SSSR count). The van der Waals surface area contributed by atoms with E-state index in [1.165, 1.54) is 12.1 Å². The minimum Gasteiger partial charge on any atom is -0.406 e. The van der Waals surface area contributed by atoms with Crippen molar-refractivity contribution in [3.05, 3.63) is 53.8 Å². The summed E-state index contributed by atoms with van der Waals surface area (Å²) in [4.78, 5) is 11.9. The first kappa shape index (κ1) is 20.6. The first-order valence-corrected chi connectivity index (χ1v) is 8.96. The molecule has 11 heteroatoms. The quantitative estimate of drug-likeness (QED) is 0.722. The van der Waals surface area contributed by atoms with Crippen LogP contribution in [0.4, 0.5) is 23.2 Å². The van der Waals surface area contributed by atoms with E-state index < -0.39 is 39.4 Å². The molecule has 2 aromatic rings. The predicted molar refractivity (Wildman–Crippen MR) is 88.3 cm³/mol. The molecule has 0 aliphatic heterocycles. The molecule has 2 N–H and O–H groups in total. The molecule has 2 aromatic carbocycles. The monoisotopic (exact) mass is 406 g/mol. The Bertz CT molecular complexity index is 946. The van der Waals surface area contributed by atoms with Gasteiger partial charge in [-0.05, 0) is 30.3 Å². The lowest BCUT2D eigenvalue weighted by molar-refractivity contribution is -0.274. The summed E-state index contributed by atoms with van der Waals surface area (Å²) in [5.74, 6) is -2.61. The number of carbonyl (C=O) groups excluding carboxylic acids is 1. The second-order valence-electron chi connectivity index (χ2n) is 5.17. The van der Waals surface area contributed by atoms with Crippen LogP contribution in [0.15, 0.2) is 47.4 Å². The standard InChI is InChI=1S/C16H14F4N2O4S/c1-2-21-27(24,25)12-6-7-14(17)13(9-12)15(23)22-10-4-3-5-11(8-10)26-16(18,19)20/h3-9,21H,2H2,1H3,(H,22,23). The Balaban J connectivity index is 2.27. The van der Waals surface area contributed by atoms with Gasteiger partial charge in [0.1, 0.15) is 11.6 Å². The van der Waals surface area contributed by atoms with Gasteiger partial charge in [-0.25, -0.2) is 17.5 Å². The molecule has 0 radical (unpaired) electrons. The highest BCUT2D eigenvalue weighted by atomic mass is 32.2. The summed E-state index contributed by atoms with van der Waals surface area (Å²) in [5, 5.41) is 2.19. The number of alkyl halides is 3. The molecule has 0 spiro atoms. The second kappa shape index (κ2) is 7.92. The molecular weight excluding hydrogens is 392 g/mol. The fourth-order valence-corrected chi connectivity index (χ4v) is 3.16. The van der Waals surface area contributed by atoms with Gasteiger partial charge in [0.05, 0.1) is 10.5 Å². The maximum atomic E-state index is 13.9. The third-order valence-electron chi connectivity index (χ3n) is 3.15. The van der Waals surface area contributed by atoms with Crippen LogP contribution in [0.5, 0.6) is 5.75 Å². The maximum absolute atomic E-state index is 13.9. The molecule has 0 saturated heterocycles. The zero-order chi connectivity index (χ0) is 20.2. The summed E-state index contributed by atoms with van der Waals surface area (Å²) < 4.78 is 80.6. The zero-order valence-corrected chi connectivity index (χ0v) is 14.6. The molecule has 27 heavy (non-hydrogen) atoms. The van der Waals surface area contributed by atoms with Gasteiger partial charge in [0.25, 0.3) is 5.91 Å². The van der Waals surface area contributed by atoms with Gasteiger partial charge in [-0.15, -0.1) is 13.2 Å². The first-order chi connectivity index (χ1) is 12.5. The summed E-state index contributed by atoms with van der Waals surface area (Å²) in [6, 6.07) is 7.00. The minimum atomic E-state index is -4.91. The van der Waals surface area contributed by atoms with Crippen molar-refractivity contribution in [1.29, 1.82) is 0 Å². The van der Waals surface area contributed by atoms with E-state index in [1.54, 1.807) is 6.92 Å². The van der Waals surface area contributed by atoms with Gasteiger partial charge in [0.2, 0.25) is 10.0 Å². The molecule has 0 aromatic heterocycles. The number of nitrogens with one attached hydrogen (secondary N) is 2. The Morgan fingerprint density at radius 3 is 2.48 bits per heavy atom. The van der Waals surface area contributed by atoms with Crippen molar-refractivity contribution in [3.8, 4) is 5.75 Å². The van der Waals surface area contributed by atoms with E-state index >= 15 is 0 Å². The number of hydrogen-bond donors (Lipinski definition) is 2. The highest BCUT2D eigenvalue weighted by Crippen LogP contribution is 2.25.